The van der Waals surface area contributed by atoms with E-state index in [2.05, 4.69) is 25.7 Å². The van der Waals surface area contributed by atoms with Gasteiger partial charge in [-0.15, -0.1) is 6.58 Å². The van der Waals surface area contributed by atoms with Crippen molar-refractivity contribution in [2.75, 3.05) is 13.6 Å². The second kappa shape index (κ2) is 8.32. The van der Waals surface area contributed by atoms with E-state index in [0.717, 1.165) is 24.9 Å². The number of nitrogens with one attached hydrogen (secondary N) is 1. The Morgan fingerprint density at radius 2 is 1.90 bits per heavy atom. The molecule has 5 heteroatoms. The van der Waals surface area contributed by atoms with Gasteiger partial charge in [0.25, 0.3) is 0 Å². The molecule has 1 aromatic carbocycles. The summed E-state index contributed by atoms with van der Waals surface area (Å²) < 4.78 is 26.2. The number of unbranched alkanes of at least 4 members (excludes halogenated alkanes) is 1. The third kappa shape index (κ3) is 5.61. The van der Waals surface area contributed by atoms with E-state index in [4.69, 9.17) is 0 Å². The summed E-state index contributed by atoms with van der Waals surface area (Å²) >= 11 is 0. The molecule has 4 nitrogen and oxygen atoms in total. The zero-order chi connectivity index (χ0) is 15.9. The van der Waals surface area contributed by atoms with Gasteiger partial charge in [0.15, 0.2) is 0 Å². The molecule has 0 atom stereocenters. The Bertz CT molecular complexity index is 536. The number of benzene rings is 1. The van der Waals surface area contributed by atoms with Crippen molar-refractivity contribution in [2.45, 2.75) is 44.2 Å². The van der Waals surface area contributed by atoms with E-state index in [1.807, 2.05) is 12.1 Å². The molecule has 118 valence electrons. The van der Waals surface area contributed by atoms with Crippen LogP contribution in [0.1, 0.15) is 32.3 Å². The SMILES string of the molecule is C=CCCCN(C)S(=O)(=O)c1ccc(CNC(C)C)cc1. The van der Waals surface area contributed by atoms with Gasteiger partial charge in [-0.05, 0) is 30.5 Å². The average Bonchev–Trinajstić information content (AvgIpc) is 2.45. The minimum atomic E-state index is -3.39. The van der Waals surface area contributed by atoms with E-state index >= 15 is 0 Å². The fourth-order valence-electron chi connectivity index (χ4n) is 1.86. The first-order chi connectivity index (χ1) is 9.87. The largest absolute Gasteiger partial charge is 0.310 e. The molecule has 0 aromatic heterocycles. The lowest BCUT2D eigenvalue weighted by atomic mass is 10.2. The Kier molecular flexibility index (Phi) is 7.08. The molecule has 0 saturated carbocycles. The number of hydrogen-bond acceptors (Lipinski definition) is 3. The number of allylic oxidation sites excluding steroid dienone is 1. The van der Waals surface area contributed by atoms with Crippen molar-refractivity contribution < 1.29 is 8.42 Å². The van der Waals surface area contributed by atoms with Crippen molar-refractivity contribution in [3.8, 4) is 0 Å². The summed E-state index contributed by atoms with van der Waals surface area (Å²) in [6, 6.07) is 7.48. The van der Waals surface area contributed by atoms with Gasteiger partial charge in [-0.2, -0.15) is 0 Å². The van der Waals surface area contributed by atoms with E-state index in [-0.39, 0.29) is 0 Å². The lowest BCUT2D eigenvalue weighted by Gasteiger charge is -2.17. The molecule has 21 heavy (non-hydrogen) atoms. The number of sulfonamides is 1. The van der Waals surface area contributed by atoms with Gasteiger partial charge in [-0.3, -0.25) is 0 Å². The molecule has 0 heterocycles. The Hall–Kier alpha value is -1.17. The molecule has 0 unspecified atom stereocenters. The highest BCUT2D eigenvalue weighted by Gasteiger charge is 2.19. The molecular weight excluding hydrogens is 284 g/mol. The van der Waals surface area contributed by atoms with Gasteiger partial charge in [0.2, 0.25) is 10.0 Å². The summed E-state index contributed by atoms with van der Waals surface area (Å²) in [5.74, 6) is 0. The van der Waals surface area contributed by atoms with Crippen molar-refractivity contribution in [1.82, 2.24) is 9.62 Å². The van der Waals surface area contributed by atoms with Gasteiger partial charge >= 0.3 is 0 Å². The molecule has 0 fully saturated rings. The van der Waals surface area contributed by atoms with E-state index in [1.54, 1.807) is 25.3 Å². The van der Waals surface area contributed by atoms with Crippen LogP contribution in [-0.2, 0) is 16.6 Å². The topological polar surface area (TPSA) is 49.4 Å². The van der Waals surface area contributed by atoms with Gasteiger partial charge in [0, 0.05) is 26.2 Å². The fraction of sp³-hybridized carbons (Fsp3) is 0.500. The van der Waals surface area contributed by atoms with Crippen LogP contribution in [0.15, 0.2) is 41.8 Å². The summed E-state index contributed by atoms with van der Waals surface area (Å²) in [5.41, 5.74) is 1.08. The predicted octanol–water partition coefficient (Wildman–Crippen LogP) is 2.77. The van der Waals surface area contributed by atoms with Crippen LogP contribution < -0.4 is 5.32 Å². The van der Waals surface area contributed by atoms with E-state index < -0.39 is 10.0 Å². The highest BCUT2D eigenvalue weighted by Crippen LogP contribution is 2.16. The Balaban J connectivity index is 2.72. The highest BCUT2D eigenvalue weighted by atomic mass is 32.2. The maximum atomic E-state index is 12.4. The normalized spacial score (nSPS) is 12.0. The molecule has 0 bridgehead atoms. The highest BCUT2D eigenvalue weighted by molar-refractivity contribution is 7.89. The summed E-state index contributed by atoms with van der Waals surface area (Å²) in [6.45, 7) is 9.05. The van der Waals surface area contributed by atoms with Crippen LogP contribution in [0.5, 0.6) is 0 Å². The summed E-state index contributed by atoms with van der Waals surface area (Å²) in [5, 5.41) is 3.31. The van der Waals surface area contributed by atoms with Crippen LogP contribution in [0.25, 0.3) is 0 Å². The number of hydrogen-bond donors (Lipinski definition) is 1. The van der Waals surface area contributed by atoms with Gasteiger partial charge in [0.05, 0.1) is 4.90 Å². The van der Waals surface area contributed by atoms with Crippen molar-refractivity contribution in [3.05, 3.63) is 42.5 Å². The quantitative estimate of drug-likeness (QED) is 0.563. The molecule has 0 aliphatic carbocycles. The Morgan fingerprint density at radius 1 is 1.29 bits per heavy atom. The molecule has 0 saturated heterocycles. The zero-order valence-corrected chi connectivity index (χ0v) is 14.0. The lowest BCUT2D eigenvalue weighted by molar-refractivity contribution is 0.463. The molecular formula is C16H26N2O2S. The fourth-order valence-corrected chi connectivity index (χ4v) is 3.07. The third-order valence-corrected chi connectivity index (χ3v) is 5.10. The average molecular weight is 310 g/mol. The molecule has 0 aliphatic heterocycles. The monoisotopic (exact) mass is 310 g/mol. The predicted molar refractivity (Wildman–Crippen MR) is 87.7 cm³/mol. The minimum absolute atomic E-state index is 0.344. The lowest BCUT2D eigenvalue weighted by Crippen LogP contribution is -2.28. The molecule has 1 rings (SSSR count). The number of rotatable bonds is 9. The van der Waals surface area contributed by atoms with Crippen molar-refractivity contribution in [2.24, 2.45) is 0 Å². The van der Waals surface area contributed by atoms with Gasteiger partial charge in [-0.25, -0.2) is 12.7 Å². The van der Waals surface area contributed by atoms with Crippen LogP contribution >= 0.6 is 0 Å². The van der Waals surface area contributed by atoms with E-state index in [9.17, 15) is 8.42 Å². The third-order valence-electron chi connectivity index (χ3n) is 3.23. The standard InChI is InChI=1S/C16H26N2O2S/c1-5-6-7-12-18(4)21(19,20)16-10-8-15(9-11-16)13-17-14(2)3/h5,8-11,14,17H,1,6-7,12-13H2,2-4H3. The van der Waals surface area contributed by atoms with Gasteiger partial charge < -0.3 is 5.32 Å². The summed E-state index contributed by atoms with van der Waals surface area (Å²) in [7, 11) is -1.77. The molecule has 0 radical (unpaired) electrons. The van der Waals surface area contributed by atoms with Crippen molar-refractivity contribution in [1.29, 1.82) is 0 Å². The summed E-state index contributed by atoms with van der Waals surface area (Å²) in [4.78, 5) is 0.344. The van der Waals surface area contributed by atoms with Crippen molar-refractivity contribution in [3.63, 3.8) is 0 Å². The molecule has 1 N–H and O–H groups in total. The molecule has 0 spiro atoms. The Labute approximate surface area is 128 Å². The van der Waals surface area contributed by atoms with Gasteiger partial charge in [0.1, 0.15) is 0 Å². The van der Waals surface area contributed by atoms with Crippen LogP contribution in [0.4, 0.5) is 0 Å². The summed E-state index contributed by atoms with van der Waals surface area (Å²) in [6.07, 6.45) is 3.41. The van der Waals surface area contributed by atoms with Crippen LogP contribution in [-0.4, -0.2) is 32.4 Å². The first-order valence-electron chi connectivity index (χ1n) is 7.27. The maximum absolute atomic E-state index is 12.4. The first-order valence-corrected chi connectivity index (χ1v) is 8.71. The Morgan fingerprint density at radius 3 is 2.43 bits per heavy atom. The van der Waals surface area contributed by atoms with Crippen LogP contribution in [0.2, 0.25) is 0 Å². The second-order valence-electron chi connectivity index (χ2n) is 5.44. The van der Waals surface area contributed by atoms with Crippen LogP contribution in [0, 0.1) is 0 Å². The van der Waals surface area contributed by atoms with Gasteiger partial charge in [-0.1, -0.05) is 32.1 Å². The molecule has 0 amide bonds. The van der Waals surface area contributed by atoms with Crippen LogP contribution in [0.3, 0.4) is 0 Å². The van der Waals surface area contributed by atoms with E-state index in [0.29, 0.717) is 17.5 Å². The first kappa shape index (κ1) is 17.9. The second-order valence-corrected chi connectivity index (χ2v) is 7.48. The maximum Gasteiger partial charge on any atom is 0.242 e. The smallest absolute Gasteiger partial charge is 0.242 e. The van der Waals surface area contributed by atoms with Crippen molar-refractivity contribution >= 4 is 10.0 Å². The minimum Gasteiger partial charge on any atom is -0.310 e. The molecule has 1 aromatic rings. The zero-order valence-electron chi connectivity index (χ0n) is 13.2. The van der Waals surface area contributed by atoms with E-state index in [1.165, 1.54) is 4.31 Å². The molecule has 0 aliphatic rings. The number of nitrogens with zero attached hydrogens (tertiary/aromatic N) is 1.